The van der Waals surface area contributed by atoms with Crippen LogP contribution < -0.4 is 0 Å². The molecule has 1 aliphatic carbocycles. The maximum absolute atomic E-state index is 2.39. The molecular formula is C16H28. The molecule has 0 aromatic carbocycles. The summed E-state index contributed by atoms with van der Waals surface area (Å²) in [6.07, 6.45) is 7.93. The van der Waals surface area contributed by atoms with E-state index in [0.29, 0.717) is 0 Å². The molecule has 0 fully saturated rings. The molecule has 0 nitrogen and oxygen atoms in total. The van der Waals surface area contributed by atoms with Crippen molar-refractivity contribution in [1.82, 2.24) is 0 Å². The highest BCUT2D eigenvalue weighted by atomic mass is 14.3. The molecule has 92 valence electrons. The standard InChI is InChI=1S/C16H28/c1-6-8-10-15-12(3)13(4)16(14(15)5)11-9-7-2/h12H,6-11H2,1-5H3. The summed E-state index contributed by atoms with van der Waals surface area (Å²) >= 11 is 0. The van der Waals surface area contributed by atoms with Crippen molar-refractivity contribution in [2.45, 2.75) is 73.1 Å². The van der Waals surface area contributed by atoms with E-state index in [2.05, 4.69) is 34.6 Å². The molecule has 1 unspecified atom stereocenters. The van der Waals surface area contributed by atoms with Crippen molar-refractivity contribution in [3.8, 4) is 0 Å². The monoisotopic (exact) mass is 220 g/mol. The minimum atomic E-state index is 0.721. The van der Waals surface area contributed by atoms with Gasteiger partial charge in [0.25, 0.3) is 0 Å². The highest BCUT2D eigenvalue weighted by Gasteiger charge is 2.24. The molecule has 1 atom stereocenters. The molecule has 0 aromatic heterocycles. The Labute approximate surface area is 102 Å². The Morgan fingerprint density at radius 3 is 2.06 bits per heavy atom. The molecule has 16 heavy (non-hydrogen) atoms. The van der Waals surface area contributed by atoms with Gasteiger partial charge < -0.3 is 0 Å². The molecule has 0 bridgehead atoms. The zero-order valence-corrected chi connectivity index (χ0v) is 11.8. The average molecular weight is 220 g/mol. The van der Waals surface area contributed by atoms with Crippen LogP contribution in [0.2, 0.25) is 0 Å². The predicted octanol–water partition coefficient (Wildman–Crippen LogP) is 5.65. The molecule has 1 aliphatic rings. The highest BCUT2D eigenvalue weighted by molar-refractivity contribution is 5.47. The van der Waals surface area contributed by atoms with Gasteiger partial charge in [-0.15, -0.1) is 0 Å². The summed E-state index contributed by atoms with van der Waals surface area (Å²) in [4.78, 5) is 0. The normalized spacial score (nSPS) is 21.2. The van der Waals surface area contributed by atoms with Crippen LogP contribution in [0.4, 0.5) is 0 Å². The van der Waals surface area contributed by atoms with Gasteiger partial charge in [0.2, 0.25) is 0 Å². The molecule has 0 saturated heterocycles. The SMILES string of the molecule is CCCCC1=C(C)C(C)C(CCCC)=C1C. The second-order valence-electron chi connectivity index (χ2n) is 5.24. The summed E-state index contributed by atoms with van der Waals surface area (Å²) in [5.74, 6) is 0.721. The Balaban J connectivity index is 2.77. The van der Waals surface area contributed by atoms with Gasteiger partial charge in [0.1, 0.15) is 0 Å². The Kier molecular flexibility index (Phi) is 5.31. The largest absolute Gasteiger partial charge is 0.0654 e. The lowest BCUT2D eigenvalue weighted by Gasteiger charge is -2.11. The molecule has 0 aromatic rings. The maximum atomic E-state index is 2.39. The minimum Gasteiger partial charge on any atom is -0.0654 e. The van der Waals surface area contributed by atoms with Gasteiger partial charge >= 0.3 is 0 Å². The van der Waals surface area contributed by atoms with Crippen molar-refractivity contribution >= 4 is 0 Å². The van der Waals surface area contributed by atoms with Crippen molar-refractivity contribution in [2.24, 2.45) is 5.92 Å². The van der Waals surface area contributed by atoms with Crippen molar-refractivity contribution in [2.75, 3.05) is 0 Å². The van der Waals surface area contributed by atoms with Gasteiger partial charge in [-0.2, -0.15) is 0 Å². The van der Waals surface area contributed by atoms with Crippen LogP contribution in [0.5, 0.6) is 0 Å². The van der Waals surface area contributed by atoms with E-state index in [0.717, 1.165) is 5.92 Å². The first-order valence-corrected chi connectivity index (χ1v) is 7.03. The van der Waals surface area contributed by atoms with Crippen molar-refractivity contribution < 1.29 is 0 Å². The fraction of sp³-hybridized carbons (Fsp3) is 0.750. The Morgan fingerprint density at radius 2 is 1.50 bits per heavy atom. The molecule has 0 N–H and O–H groups in total. The van der Waals surface area contributed by atoms with Gasteiger partial charge in [0, 0.05) is 0 Å². The number of rotatable bonds is 6. The summed E-state index contributed by atoms with van der Waals surface area (Å²) < 4.78 is 0. The van der Waals surface area contributed by atoms with Gasteiger partial charge in [-0.1, -0.05) is 44.8 Å². The average Bonchev–Trinajstić information content (AvgIpc) is 2.47. The lowest BCUT2D eigenvalue weighted by Crippen LogP contribution is -1.97. The Morgan fingerprint density at radius 1 is 0.938 bits per heavy atom. The minimum absolute atomic E-state index is 0.721. The third-order valence-corrected chi connectivity index (χ3v) is 4.16. The van der Waals surface area contributed by atoms with E-state index in [4.69, 9.17) is 0 Å². The van der Waals surface area contributed by atoms with Gasteiger partial charge in [0.15, 0.2) is 0 Å². The first kappa shape index (κ1) is 13.5. The quantitative estimate of drug-likeness (QED) is 0.542. The molecule has 0 saturated carbocycles. The van der Waals surface area contributed by atoms with Crippen LogP contribution in [-0.4, -0.2) is 0 Å². The van der Waals surface area contributed by atoms with Crippen molar-refractivity contribution in [3.05, 3.63) is 22.3 Å². The van der Waals surface area contributed by atoms with E-state index in [9.17, 15) is 0 Å². The molecular weight excluding hydrogens is 192 g/mol. The maximum Gasteiger partial charge on any atom is -0.00125 e. The van der Waals surface area contributed by atoms with Crippen LogP contribution in [-0.2, 0) is 0 Å². The van der Waals surface area contributed by atoms with Gasteiger partial charge in [-0.05, 0) is 56.6 Å². The van der Waals surface area contributed by atoms with Gasteiger partial charge in [-0.25, -0.2) is 0 Å². The van der Waals surface area contributed by atoms with E-state index in [-0.39, 0.29) is 0 Å². The fourth-order valence-corrected chi connectivity index (χ4v) is 2.85. The van der Waals surface area contributed by atoms with Crippen LogP contribution in [0.1, 0.15) is 73.1 Å². The summed E-state index contributed by atoms with van der Waals surface area (Å²) in [5, 5.41) is 0. The van der Waals surface area contributed by atoms with Crippen molar-refractivity contribution in [3.63, 3.8) is 0 Å². The first-order valence-electron chi connectivity index (χ1n) is 7.03. The number of hydrogen-bond donors (Lipinski definition) is 0. The third-order valence-electron chi connectivity index (χ3n) is 4.16. The van der Waals surface area contributed by atoms with E-state index >= 15 is 0 Å². The molecule has 0 spiro atoms. The lowest BCUT2D eigenvalue weighted by molar-refractivity contribution is 0.698. The van der Waals surface area contributed by atoms with Crippen LogP contribution in [0.25, 0.3) is 0 Å². The highest BCUT2D eigenvalue weighted by Crippen LogP contribution is 2.41. The molecule has 0 heterocycles. The molecule has 0 amide bonds. The predicted molar refractivity (Wildman–Crippen MR) is 73.6 cm³/mol. The number of hydrogen-bond acceptors (Lipinski definition) is 0. The summed E-state index contributed by atoms with van der Waals surface area (Å²) in [6.45, 7) is 11.7. The second kappa shape index (κ2) is 6.27. The summed E-state index contributed by atoms with van der Waals surface area (Å²) in [6, 6.07) is 0. The van der Waals surface area contributed by atoms with E-state index in [1.165, 1.54) is 38.5 Å². The molecule has 0 heteroatoms. The molecule has 0 aliphatic heterocycles. The number of unbranched alkanes of at least 4 members (excludes halogenated alkanes) is 2. The van der Waals surface area contributed by atoms with E-state index in [1.54, 1.807) is 22.3 Å². The van der Waals surface area contributed by atoms with Gasteiger partial charge in [-0.3, -0.25) is 0 Å². The molecule has 1 rings (SSSR count). The summed E-state index contributed by atoms with van der Waals surface area (Å²) in [7, 11) is 0. The van der Waals surface area contributed by atoms with E-state index < -0.39 is 0 Å². The van der Waals surface area contributed by atoms with Crippen LogP contribution in [0.3, 0.4) is 0 Å². The number of allylic oxidation sites excluding steroid dienone is 4. The zero-order chi connectivity index (χ0) is 12.1. The lowest BCUT2D eigenvalue weighted by atomic mass is 9.94. The van der Waals surface area contributed by atoms with Gasteiger partial charge in [0.05, 0.1) is 0 Å². The third kappa shape index (κ3) is 2.78. The smallest absolute Gasteiger partial charge is 0.00125 e. The Bertz CT molecular complexity index is 291. The van der Waals surface area contributed by atoms with E-state index in [1.807, 2.05) is 0 Å². The topological polar surface area (TPSA) is 0 Å². The van der Waals surface area contributed by atoms with Crippen LogP contribution in [0.15, 0.2) is 22.3 Å². The molecule has 0 radical (unpaired) electrons. The Hall–Kier alpha value is -0.520. The fourth-order valence-electron chi connectivity index (χ4n) is 2.85. The zero-order valence-electron chi connectivity index (χ0n) is 11.8. The van der Waals surface area contributed by atoms with Crippen molar-refractivity contribution in [1.29, 1.82) is 0 Å². The second-order valence-corrected chi connectivity index (χ2v) is 5.24. The van der Waals surface area contributed by atoms with Crippen LogP contribution in [0, 0.1) is 5.92 Å². The summed E-state index contributed by atoms with van der Waals surface area (Å²) in [5.41, 5.74) is 6.69. The first-order chi connectivity index (χ1) is 7.63. The van der Waals surface area contributed by atoms with Crippen LogP contribution >= 0.6 is 0 Å².